The lowest BCUT2D eigenvalue weighted by Crippen LogP contribution is -2.35. The van der Waals surface area contributed by atoms with Crippen LogP contribution in [0.2, 0.25) is 0 Å². The topological polar surface area (TPSA) is 92.5 Å². The third kappa shape index (κ3) is 3.55. The molecule has 0 radical (unpaired) electrons. The summed E-state index contributed by atoms with van der Waals surface area (Å²) in [6.45, 7) is 0.293. The molecule has 2 aromatic carbocycles. The van der Waals surface area contributed by atoms with Crippen LogP contribution in [-0.4, -0.2) is 20.9 Å². The second-order valence-corrected chi connectivity index (χ2v) is 7.03. The fourth-order valence-corrected chi connectivity index (χ4v) is 3.47. The number of anilines is 2. The van der Waals surface area contributed by atoms with Gasteiger partial charge in [-0.05, 0) is 41.8 Å². The number of carbonyl (C=O) groups is 1. The second-order valence-electron chi connectivity index (χ2n) is 5.56. The number of carbonyl (C=O) groups excluding carboxylic acids is 1. The fraction of sp³-hybridized carbons (Fsp3) is 0.188. The quantitative estimate of drug-likeness (QED) is 0.877. The van der Waals surface area contributed by atoms with Crippen LogP contribution in [-0.2, 0) is 27.8 Å². The average Bonchev–Trinajstić information content (AvgIpc) is 2.93. The van der Waals surface area contributed by atoms with Crippen molar-refractivity contribution in [2.75, 3.05) is 16.2 Å². The highest BCUT2D eigenvalue weighted by Gasteiger charge is 2.26. The van der Waals surface area contributed by atoms with E-state index in [0.717, 1.165) is 9.87 Å². The van der Waals surface area contributed by atoms with Crippen LogP contribution in [0.4, 0.5) is 15.8 Å². The van der Waals surface area contributed by atoms with Crippen LogP contribution in [0.25, 0.3) is 0 Å². The van der Waals surface area contributed by atoms with E-state index in [2.05, 4.69) is 5.32 Å². The van der Waals surface area contributed by atoms with Gasteiger partial charge in [0.25, 0.3) is 10.2 Å². The molecule has 24 heavy (non-hydrogen) atoms. The molecule has 1 aliphatic heterocycles. The van der Waals surface area contributed by atoms with E-state index < -0.39 is 10.2 Å². The van der Waals surface area contributed by atoms with Crippen molar-refractivity contribution in [3.05, 3.63) is 59.4 Å². The number of amides is 1. The van der Waals surface area contributed by atoms with Gasteiger partial charge in [-0.1, -0.05) is 18.2 Å². The van der Waals surface area contributed by atoms with Gasteiger partial charge in [-0.2, -0.15) is 8.42 Å². The largest absolute Gasteiger partial charge is 0.326 e. The Morgan fingerprint density at radius 3 is 2.58 bits per heavy atom. The minimum Gasteiger partial charge on any atom is -0.326 e. The maximum absolute atomic E-state index is 12.9. The number of nitrogens with one attached hydrogen (secondary N) is 1. The zero-order valence-electron chi connectivity index (χ0n) is 12.7. The monoisotopic (exact) mass is 349 g/mol. The Bertz CT molecular complexity index is 882. The van der Waals surface area contributed by atoms with E-state index in [0.29, 0.717) is 29.9 Å². The molecule has 0 saturated carbocycles. The number of hydrogen-bond donors (Lipinski definition) is 2. The van der Waals surface area contributed by atoms with E-state index in [1.54, 1.807) is 30.3 Å². The molecular formula is C16H16FN3O3S. The van der Waals surface area contributed by atoms with Crippen molar-refractivity contribution in [1.29, 1.82) is 0 Å². The van der Waals surface area contributed by atoms with Crippen molar-refractivity contribution in [2.45, 2.75) is 12.8 Å². The molecule has 0 fully saturated rings. The Labute approximate surface area is 139 Å². The normalized spacial score (nSPS) is 13.7. The maximum atomic E-state index is 12.9. The zero-order valence-corrected chi connectivity index (χ0v) is 13.5. The smallest absolute Gasteiger partial charge is 0.299 e. The van der Waals surface area contributed by atoms with E-state index in [-0.39, 0.29) is 18.1 Å². The third-order valence-electron chi connectivity index (χ3n) is 3.81. The lowest BCUT2D eigenvalue weighted by Gasteiger charge is -2.16. The SMILES string of the molecule is NS(=O)(=O)N1CCc2ccc(NC(=O)Cc3ccc(F)cc3)cc21. The standard InChI is InChI=1S/C16H16FN3O3S/c17-13-4-1-11(2-5-13)9-16(21)19-14-6-3-12-7-8-20(15(12)10-14)24(18,22)23/h1-6,10H,7-9H2,(H,19,21)(H2,18,22,23). The van der Waals surface area contributed by atoms with Gasteiger partial charge in [-0.15, -0.1) is 0 Å². The van der Waals surface area contributed by atoms with Crippen LogP contribution in [0.5, 0.6) is 0 Å². The van der Waals surface area contributed by atoms with Gasteiger partial charge in [0.1, 0.15) is 5.82 Å². The van der Waals surface area contributed by atoms with Crippen LogP contribution in [0.3, 0.4) is 0 Å². The maximum Gasteiger partial charge on any atom is 0.299 e. The Morgan fingerprint density at radius 2 is 1.92 bits per heavy atom. The molecule has 3 rings (SSSR count). The Hall–Kier alpha value is -2.45. The molecule has 3 N–H and O–H groups in total. The zero-order chi connectivity index (χ0) is 17.3. The highest BCUT2D eigenvalue weighted by Crippen LogP contribution is 2.32. The highest BCUT2D eigenvalue weighted by molar-refractivity contribution is 7.90. The van der Waals surface area contributed by atoms with Crippen LogP contribution in [0.1, 0.15) is 11.1 Å². The fourth-order valence-electron chi connectivity index (χ4n) is 2.68. The average molecular weight is 349 g/mol. The summed E-state index contributed by atoms with van der Waals surface area (Å²) in [6.07, 6.45) is 0.672. The summed E-state index contributed by atoms with van der Waals surface area (Å²) in [5.74, 6) is -0.637. The van der Waals surface area contributed by atoms with Crippen molar-refractivity contribution < 1.29 is 17.6 Å². The molecule has 1 heterocycles. The van der Waals surface area contributed by atoms with Gasteiger partial charge in [0.15, 0.2) is 0 Å². The lowest BCUT2D eigenvalue weighted by atomic mass is 10.1. The first-order chi connectivity index (χ1) is 11.3. The molecular weight excluding hydrogens is 333 g/mol. The molecule has 0 bridgehead atoms. The molecule has 0 aliphatic carbocycles. The highest BCUT2D eigenvalue weighted by atomic mass is 32.2. The van der Waals surface area contributed by atoms with E-state index in [4.69, 9.17) is 5.14 Å². The van der Waals surface area contributed by atoms with Gasteiger partial charge >= 0.3 is 0 Å². The van der Waals surface area contributed by atoms with Gasteiger partial charge < -0.3 is 5.32 Å². The van der Waals surface area contributed by atoms with Crippen LogP contribution in [0.15, 0.2) is 42.5 Å². The van der Waals surface area contributed by atoms with Crippen molar-refractivity contribution >= 4 is 27.5 Å². The number of halogens is 1. The van der Waals surface area contributed by atoms with E-state index in [1.807, 2.05) is 0 Å². The molecule has 1 aliphatic rings. The van der Waals surface area contributed by atoms with Crippen LogP contribution < -0.4 is 14.8 Å². The molecule has 1 amide bonds. The number of benzene rings is 2. The van der Waals surface area contributed by atoms with E-state index >= 15 is 0 Å². The second kappa shape index (κ2) is 6.21. The van der Waals surface area contributed by atoms with Crippen molar-refractivity contribution in [3.63, 3.8) is 0 Å². The van der Waals surface area contributed by atoms with Crippen molar-refractivity contribution in [3.8, 4) is 0 Å². The lowest BCUT2D eigenvalue weighted by molar-refractivity contribution is -0.115. The summed E-state index contributed by atoms with van der Waals surface area (Å²) in [6, 6.07) is 10.8. The molecule has 0 aromatic heterocycles. The molecule has 126 valence electrons. The van der Waals surface area contributed by atoms with E-state index in [1.165, 1.54) is 12.1 Å². The Balaban J connectivity index is 1.74. The molecule has 6 nitrogen and oxygen atoms in total. The molecule has 0 saturated heterocycles. The third-order valence-corrected chi connectivity index (χ3v) is 4.80. The minimum atomic E-state index is -3.83. The molecule has 8 heteroatoms. The first-order valence-corrected chi connectivity index (χ1v) is 8.81. The van der Waals surface area contributed by atoms with Crippen molar-refractivity contribution in [1.82, 2.24) is 0 Å². The van der Waals surface area contributed by atoms with Gasteiger partial charge in [0, 0.05) is 12.2 Å². The summed E-state index contributed by atoms with van der Waals surface area (Å²) in [7, 11) is -3.83. The number of nitrogens with zero attached hydrogens (tertiary/aromatic N) is 1. The number of hydrogen-bond acceptors (Lipinski definition) is 3. The van der Waals surface area contributed by atoms with Crippen molar-refractivity contribution in [2.24, 2.45) is 5.14 Å². The summed E-state index contributed by atoms with van der Waals surface area (Å²) < 4.78 is 37.2. The first-order valence-electron chi connectivity index (χ1n) is 7.30. The van der Waals surface area contributed by atoms with Gasteiger partial charge in [0.2, 0.25) is 5.91 Å². The predicted molar refractivity (Wildman–Crippen MR) is 89.3 cm³/mol. The summed E-state index contributed by atoms with van der Waals surface area (Å²) in [4.78, 5) is 12.1. The summed E-state index contributed by atoms with van der Waals surface area (Å²) in [5, 5.41) is 7.91. The molecule has 0 unspecified atom stereocenters. The Morgan fingerprint density at radius 1 is 1.21 bits per heavy atom. The summed E-state index contributed by atoms with van der Waals surface area (Å²) in [5.41, 5.74) is 2.51. The number of fused-ring (bicyclic) bond motifs is 1. The van der Waals surface area contributed by atoms with Crippen LogP contribution in [0, 0.1) is 5.82 Å². The Kier molecular flexibility index (Phi) is 4.25. The molecule has 0 atom stereocenters. The van der Waals surface area contributed by atoms with Gasteiger partial charge in [-0.25, -0.2) is 9.53 Å². The van der Waals surface area contributed by atoms with E-state index in [9.17, 15) is 17.6 Å². The number of nitrogens with two attached hydrogens (primary N) is 1. The number of rotatable bonds is 4. The van der Waals surface area contributed by atoms with Gasteiger partial charge in [0.05, 0.1) is 12.1 Å². The van der Waals surface area contributed by atoms with Gasteiger partial charge in [-0.3, -0.25) is 9.10 Å². The summed E-state index contributed by atoms with van der Waals surface area (Å²) >= 11 is 0. The van der Waals surface area contributed by atoms with Crippen LogP contribution >= 0.6 is 0 Å². The predicted octanol–water partition coefficient (Wildman–Crippen LogP) is 1.57. The minimum absolute atomic E-state index is 0.0935. The molecule has 0 spiro atoms. The molecule has 2 aromatic rings. The first kappa shape index (κ1) is 16.4.